The molecule has 9 heteroatoms. The number of hydrogen-bond acceptors (Lipinski definition) is 4. The molecule has 0 aliphatic carbocycles. The van der Waals surface area contributed by atoms with E-state index in [-0.39, 0.29) is 18.2 Å². The molecule has 3 aromatic rings. The van der Waals surface area contributed by atoms with E-state index in [1.54, 1.807) is 36.0 Å². The first-order valence-corrected chi connectivity index (χ1v) is 8.06. The molecule has 136 valence electrons. The Hall–Kier alpha value is -2.61. The average molecular weight is 382 g/mol. The molecule has 0 aliphatic heterocycles. The third kappa shape index (κ3) is 4.13. The Morgan fingerprint density at radius 2 is 1.81 bits per heavy atom. The van der Waals surface area contributed by atoms with Gasteiger partial charge in [0.15, 0.2) is 5.69 Å². The lowest BCUT2D eigenvalue weighted by Crippen LogP contribution is -2.13. The second-order valence-corrected chi connectivity index (χ2v) is 6.16. The predicted octanol–water partition coefficient (Wildman–Crippen LogP) is 4.47. The van der Waals surface area contributed by atoms with Gasteiger partial charge in [-0.1, -0.05) is 23.7 Å². The maximum Gasteiger partial charge on any atom is 0.433 e. The minimum atomic E-state index is -4.58. The number of aromatic nitrogens is 4. The number of aryl methyl sites for hydroxylation is 2. The maximum atomic E-state index is 13.2. The summed E-state index contributed by atoms with van der Waals surface area (Å²) in [7, 11) is 1.76. The summed E-state index contributed by atoms with van der Waals surface area (Å²) < 4.78 is 41.3. The van der Waals surface area contributed by atoms with Crippen molar-refractivity contribution in [2.24, 2.45) is 7.05 Å². The second-order valence-electron chi connectivity index (χ2n) is 5.72. The fourth-order valence-corrected chi connectivity index (χ4v) is 2.57. The van der Waals surface area contributed by atoms with E-state index in [4.69, 9.17) is 11.6 Å². The lowest BCUT2D eigenvalue weighted by atomic mass is 10.1. The Bertz CT molecular complexity index is 919. The number of rotatable bonds is 4. The van der Waals surface area contributed by atoms with Gasteiger partial charge in [0.25, 0.3) is 0 Å². The number of halogens is 4. The highest BCUT2D eigenvalue weighted by atomic mass is 35.5. The van der Waals surface area contributed by atoms with Gasteiger partial charge in [0, 0.05) is 17.6 Å². The van der Waals surface area contributed by atoms with Gasteiger partial charge in [-0.15, -0.1) is 0 Å². The summed E-state index contributed by atoms with van der Waals surface area (Å²) >= 11 is 5.84. The zero-order valence-electron chi connectivity index (χ0n) is 14.0. The molecular weight excluding hydrogens is 367 g/mol. The molecule has 1 N–H and O–H groups in total. The Kier molecular flexibility index (Phi) is 4.86. The fourth-order valence-electron chi connectivity index (χ4n) is 2.44. The average Bonchev–Trinajstić information content (AvgIpc) is 2.90. The molecule has 0 saturated carbocycles. The SMILES string of the molecule is Cc1cc(CNc2nc(-c3ccc(Cl)cc3)cc(C(F)(F)F)n2)n(C)n1. The Morgan fingerprint density at radius 1 is 1.12 bits per heavy atom. The van der Waals surface area contributed by atoms with Crippen molar-refractivity contribution >= 4 is 17.5 Å². The van der Waals surface area contributed by atoms with E-state index in [1.807, 2.05) is 13.0 Å². The van der Waals surface area contributed by atoms with E-state index in [0.717, 1.165) is 17.5 Å². The molecule has 0 atom stereocenters. The topological polar surface area (TPSA) is 55.6 Å². The van der Waals surface area contributed by atoms with E-state index < -0.39 is 11.9 Å². The largest absolute Gasteiger partial charge is 0.433 e. The zero-order valence-corrected chi connectivity index (χ0v) is 14.7. The number of anilines is 1. The first kappa shape index (κ1) is 18.2. The van der Waals surface area contributed by atoms with E-state index in [2.05, 4.69) is 20.4 Å². The van der Waals surface area contributed by atoms with Gasteiger partial charge in [0.05, 0.1) is 23.6 Å². The molecule has 0 saturated heterocycles. The lowest BCUT2D eigenvalue weighted by molar-refractivity contribution is -0.141. The molecule has 2 aromatic heterocycles. The van der Waals surface area contributed by atoms with Crippen LogP contribution in [0.15, 0.2) is 36.4 Å². The Labute approximate surface area is 152 Å². The van der Waals surface area contributed by atoms with Crippen LogP contribution in [0, 0.1) is 6.92 Å². The van der Waals surface area contributed by atoms with Crippen LogP contribution < -0.4 is 5.32 Å². The van der Waals surface area contributed by atoms with Crippen molar-refractivity contribution in [2.45, 2.75) is 19.6 Å². The molecule has 0 bridgehead atoms. The highest BCUT2D eigenvalue weighted by molar-refractivity contribution is 6.30. The lowest BCUT2D eigenvalue weighted by Gasteiger charge is -2.12. The number of hydrogen-bond donors (Lipinski definition) is 1. The first-order valence-electron chi connectivity index (χ1n) is 7.68. The molecule has 0 unspecified atom stereocenters. The standard InChI is InChI=1S/C17H15ClF3N5/c1-10-7-13(26(2)25-10)9-22-16-23-14(8-15(24-16)17(19,20)21)11-3-5-12(18)6-4-11/h3-8H,9H2,1-2H3,(H,22,23,24). The molecule has 3 rings (SSSR count). The van der Waals surface area contributed by atoms with Crippen LogP contribution in [0.25, 0.3) is 11.3 Å². The Morgan fingerprint density at radius 3 is 2.38 bits per heavy atom. The normalized spacial score (nSPS) is 11.6. The van der Waals surface area contributed by atoms with Gasteiger partial charge in [-0.2, -0.15) is 18.3 Å². The van der Waals surface area contributed by atoms with Crippen molar-refractivity contribution < 1.29 is 13.2 Å². The van der Waals surface area contributed by atoms with Crippen LogP contribution >= 0.6 is 11.6 Å². The van der Waals surface area contributed by atoms with E-state index in [0.29, 0.717) is 10.6 Å². The molecule has 1 aromatic carbocycles. The summed E-state index contributed by atoms with van der Waals surface area (Å²) in [5.74, 6) is -0.108. The third-order valence-electron chi connectivity index (χ3n) is 3.68. The van der Waals surface area contributed by atoms with Gasteiger partial charge in [-0.25, -0.2) is 9.97 Å². The van der Waals surface area contributed by atoms with Gasteiger partial charge in [-0.3, -0.25) is 4.68 Å². The molecule has 0 radical (unpaired) electrons. The second kappa shape index (κ2) is 6.95. The summed E-state index contributed by atoms with van der Waals surface area (Å²) in [4.78, 5) is 7.80. The van der Waals surface area contributed by atoms with Crippen molar-refractivity contribution in [3.8, 4) is 11.3 Å². The molecule has 0 aliphatic rings. The molecular formula is C17H15ClF3N5. The number of nitrogens with one attached hydrogen (secondary N) is 1. The van der Waals surface area contributed by atoms with E-state index in [1.165, 1.54) is 0 Å². The number of nitrogens with zero attached hydrogens (tertiary/aromatic N) is 4. The van der Waals surface area contributed by atoms with Crippen LogP contribution in [-0.4, -0.2) is 19.7 Å². The van der Waals surface area contributed by atoms with Crippen LogP contribution in [-0.2, 0) is 19.8 Å². The van der Waals surface area contributed by atoms with Crippen molar-refractivity contribution in [1.82, 2.24) is 19.7 Å². The van der Waals surface area contributed by atoms with Crippen molar-refractivity contribution in [2.75, 3.05) is 5.32 Å². The molecule has 5 nitrogen and oxygen atoms in total. The summed E-state index contributed by atoms with van der Waals surface area (Å²) in [5.41, 5.74) is 1.28. The highest BCUT2D eigenvalue weighted by Crippen LogP contribution is 2.31. The van der Waals surface area contributed by atoms with Crippen molar-refractivity contribution in [3.63, 3.8) is 0 Å². The predicted molar refractivity (Wildman–Crippen MR) is 92.8 cm³/mol. The Balaban J connectivity index is 1.94. The number of alkyl halides is 3. The monoisotopic (exact) mass is 381 g/mol. The first-order chi connectivity index (χ1) is 12.2. The molecule has 0 fully saturated rings. The summed E-state index contributed by atoms with van der Waals surface area (Å²) in [5, 5.41) is 7.53. The van der Waals surface area contributed by atoms with Gasteiger partial charge in [0.1, 0.15) is 0 Å². The highest BCUT2D eigenvalue weighted by Gasteiger charge is 2.33. The van der Waals surface area contributed by atoms with Gasteiger partial charge in [0.2, 0.25) is 5.95 Å². The minimum Gasteiger partial charge on any atom is -0.349 e. The van der Waals surface area contributed by atoms with Gasteiger partial charge < -0.3 is 5.32 Å². The quantitative estimate of drug-likeness (QED) is 0.724. The van der Waals surface area contributed by atoms with Gasteiger partial charge >= 0.3 is 6.18 Å². The van der Waals surface area contributed by atoms with Crippen molar-refractivity contribution in [3.05, 3.63) is 58.5 Å². The minimum absolute atomic E-state index is 0.108. The van der Waals surface area contributed by atoms with Crippen molar-refractivity contribution in [1.29, 1.82) is 0 Å². The van der Waals surface area contributed by atoms with Crippen LogP contribution in [0.5, 0.6) is 0 Å². The molecule has 26 heavy (non-hydrogen) atoms. The maximum absolute atomic E-state index is 13.2. The summed E-state index contributed by atoms with van der Waals surface area (Å²) in [6.45, 7) is 2.08. The summed E-state index contributed by atoms with van der Waals surface area (Å²) in [6.07, 6.45) is -4.58. The smallest absolute Gasteiger partial charge is 0.349 e. The van der Waals surface area contributed by atoms with Gasteiger partial charge in [-0.05, 0) is 31.2 Å². The van der Waals surface area contributed by atoms with Crippen LogP contribution in [0.3, 0.4) is 0 Å². The van der Waals surface area contributed by atoms with Crippen LogP contribution in [0.1, 0.15) is 17.1 Å². The van der Waals surface area contributed by atoms with Crippen LogP contribution in [0.2, 0.25) is 5.02 Å². The fraction of sp³-hybridized carbons (Fsp3) is 0.235. The molecule has 0 spiro atoms. The van der Waals surface area contributed by atoms with E-state index >= 15 is 0 Å². The number of benzene rings is 1. The summed E-state index contributed by atoms with van der Waals surface area (Å²) in [6, 6.07) is 9.16. The third-order valence-corrected chi connectivity index (χ3v) is 3.94. The molecule has 0 amide bonds. The molecule has 2 heterocycles. The van der Waals surface area contributed by atoms with E-state index in [9.17, 15) is 13.2 Å². The zero-order chi connectivity index (χ0) is 18.9. The van der Waals surface area contributed by atoms with Crippen LogP contribution in [0.4, 0.5) is 19.1 Å².